The van der Waals surface area contributed by atoms with Gasteiger partial charge in [-0.25, -0.2) is 9.97 Å². The van der Waals surface area contributed by atoms with Crippen LogP contribution in [0.5, 0.6) is 0 Å². The van der Waals surface area contributed by atoms with E-state index in [0.29, 0.717) is 11.7 Å². The van der Waals surface area contributed by atoms with Gasteiger partial charge in [0.05, 0.1) is 11.9 Å². The molecule has 1 aliphatic heterocycles. The summed E-state index contributed by atoms with van der Waals surface area (Å²) in [7, 11) is 0. The molecule has 1 saturated heterocycles. The molecule has 1 amide bonds. The Balaban J connectivity index is 1.33. The van der Waals surface area contributed by atoms with E-state index in [1.165, 1.54) is 12.8 Å². The van der Waals surface area contributed by atoms with Gasteiger partial charge in [0, 0.05) is 38.4 Å². The van der Waals surface area contributed by atoms with Crippen molar-refractivity contribution >= 4 is 17.4 Å². The molecule has 1 N–H and O–H groups in total. The molecule has 1 saturated carbocycles. The summed E-state index contributed by atoms with van der Waals surface area (Å²) < 4.78 is 0. The van der Waals surface area contributed by atoms with Gasteiger partial charge in [0.15, 0.2) is 0 Å². The standard InChI is InChI=1S/C20H25N5O/c26-20(23-16-5-1-2-6-16)18-9-8-17(15-22-18)24-11-13-25(14-12-24)19-7-3-4-10-21-19/h3-4,7-10,15-16H,1-2,5-6,11-14H2,(H,23,26). The van der Waals surface area contributed by atoms with Gasteiger partial charge in [0.25, 0.3) is 5.91 Å². The number of pyridine rings is 2. The number of carbonyl (C=O) groups is 1. The van der Waals surface area contributed by atoms with Crippen LogP contribution in [0.25, 0.3) is 0 Å². The number of rotatable bonds is 4. The summed E-state index contributed by atoms with van der Waals surface area (Å²) in [6.45, 7) is 3.71. The van der Waals surface area contributed by atoms with Gasteiger partial charge >= 0.3 is 0 Å². The van der Waals surface area contributed by atoms with E-state index in [-0.39, 0.29) is 5.91 Å². The highest BCUT2D eigenvalue weighted by atomic mass is 16.1. The van der Waals surface area contributed by atoms with Gasteiger partial charge in [-0.05, 0) is 37.1 Å². The molecule has 1 aliphatic carbocycles. The predicted molar refractivity (Wildman–Crippen MR) is 103 cm³/mol. The third-order valence-corrected chi connectivity index (χ3v) is 5.29. The number of carbonyl (C=O) groups excluding carboxylic acids is 1. The number of amides is 1. The summed E-state index contributed by atoms with van der Waals surface area (Å²) in [5, 5.41) is 3.09. The van der Waals surface area contributed by atoms with Gasteiger partial charge in [0.1, 0.15) is 11.5 Å². The van der Waals surface area contributed by atoms with E-state index >= 15 is 0 Å². The lowest BCUT2D eigenvalue weighted by Crippen LogP contribution is -2.46. The van der Waals surface area contributed by atoms with Gasteiger partial charge in [0.2, 0.25) is 0 Å². The SMILES string of the molecule is O=C(NC1CCCC1)c1ccc(N2CCN(c3ccccn3)CC2)cn1. The Morgan fingerprint density at radius 2 is 1.73 bits per heavy atom. The Labute approximate surface area is 154 Å². The fourth-order valence-electron chi connectivity index (χ4n) is 3.77. The van der Waals surface area contributed by atoms with Crippen LogP contribution in [0, 0.1) is 0 Å². The number of anilines is 2. The number of nitrogens with zero attached hydrogens (tertiary/aromatic N) is 4. The Bertz CT molecular complexity index is 720. The van der Waals surface area contributed by atoms with Crippen LogP contribution in [0.4, 0.5) is 11.5 Å². The second-order valence-corrected chi connectivity index (χ2v) is 7.02. The van der Waals surface area contributed by atoms with Crippen molar-refractivity contribution in [2.24, 2.45) is 0 Å². The van der Waals surface area contributed by atoms with Crippen LogP contribution in [0.1, 0.15) is 36.2 Å². The molecule has 0 atom stereocenters. The number of hydrogen-bond donors (Lipinski definition) is 1. The highest BCUT2D eigenvalue weighted by Crippen LogP contribution is 2.20. The van der Waals surface area contributed by atoms with E-state index in [2.05, 4.69) is 31.2 Å². The smallest absolute Gasteiger partial charge is 0.270 e. The lowest BCUT2D eigenvalue weighted by atomic mass is 10.2. The first-order valence-corrected chi connectivity index (χ1v) is 9.47. The second kappa shape index (κ2) is 7.72. The average molecular weight is 351 g/mol. The zero-order valence-electron chi connectivity index (χ0n) is 15.0. The molecule has 0 radical (unpaired) electrons. The molecule has 2 aromatic heterocycles. The third-order valence-electron chi connectivity index (χ3n) is 5.29. The van der Waals surface area contributed by atoms with Crippen LogP contribution < -0.4 is 15.1 Å². The molecule has 0 aromatic carbocycles. The quantitative estimate of drug-likeness (QED) is 0.917. The van der Waals surface area contributed by atoms with Crippen LogP contribution in [0.15, 0.2) is 42.7 Å². The molecule has 6 heteroatoms. The van der Waals surface area contributed by atoms with E-state index in [1.807, 2.05) is 36.7 Å². The Morgan fingerprint density at radius 1 is 0.962 bits per heavy atom. The lowest BCUT2D eigenvalue weighted by molar-refractivity contribution is 0.0933. The third kappa shape index (κ3) is 3.79. The summed E-state index contributed by atoms with van der Waals surface area (Å²) in [6.07, 6.45) is 8.25. The molecule has 136 valence electrons. The Morgan fingerprint density at radius 3 is 2.38 bits per heavy atom. The topological polar surface area (TPSA) is 61.4 Å². The van der Waals surface area contributed by atoms with Gasteiger partial charge in [-0.1, -0.05) is 18.9 Å². The number of aromatic nitrogens is 2. The number of piperazine rings is 1. The number of hydrogen-bond acceptors (Lipinski definition) is 5. The first-order valence-electron chi connectivity index (χ1n) is 9.47. The van der Waals surface area contributed by atoms with Crippen molar-refractivity contribution in [3.63, 3.8) is 0 Å². The van der Waals surface area contributed by atoms with Crippen molar-refractivity contribution in [2.45, 2.75) is 31.7 Å². The Kier molecular flexibility index (Phi) is 5.00. The molecule has 2 aliphatic rings. The molecule has 0 spiro atoms. The van der Waals surface area contributed by atoms with Crippen molar-refractivity contribution < 1.29 is 4.79 Å². The average Bonchev–Trinajstić information content (AvgIpc) is 3.22. The van der Waals surface area contributed by atoms with Crippen LogP contribution in [-0.4, -0.2) is 48.1 Å². The van der Waals surface area contributed by atoms with Crippen molar-refractivity contribution in [1.82, 2.24) is 15.3 Å². The maximum absolute atomic E-state index is 12.3. The normalized spacial score (nSPS) is 18.2. The van der Waals surface area contributed by atoms with Crippen LogP contribution in [0.3, 0.4) is 0 Å². The maximum atomic E-state index is 12.3. The molecule has 2 fully saturated rings. The number of nitrogens with one attached hydrogen (secondary N) is 1. The summed E-state index contributed by atoms with van der Waals surface area (Å²) in [5.74, 6) is 0.979. The minimum absolute atomic E-state index is 0.0524. The zero-order chi connectivity index (χ0) is 17.8. The van der Waals surface area contributed by atoms with Crippen molar-refractivity contribution in [2.75, 3.05) is 36.0 Å². The lowest BCUT2D eigenvalue weighted by Gasteiger charge is -2.36. The van der Waals surface area contributed by atoms with Crippen LogP contribution in [-0.2, 0) is 0 Å². The van der Waals surface area contributed by atoms with E-state index in [0.717, 1.165) is 50.5 Å². The molecule has 26 heavy (non-hydrogen) atoms. The van der Waals surface area contributed by atoms with Crippen molar-refractivity contribution in [1.29, 1.82) is 0 Å². The molecule has 3 heterocycles. The zero-order valence-corrected chi connectivity index (χ0v) is 15.0. The maximum Gasteiger partial charge on any atom is 0.270 e. The van der Waals surface area contributed by atoms with Crippen LogP contribution in [0.2, 0.25) is 0 Å². The van der Waals surface area contributed by atoms with Gasteiger partial charge < -0.3 is 15.1 Å². The van der Waals surface area contributed by atoms with E-state index in [1.54, 1.807) is 0 Å². The summed E-state index contributed by atoms with van der Waals surface area (Å²) >= 11 is 0. The minimum Gasteiger partial charge on any atom is -0.367 e. The minimum atomic E-state index is -0.0524. The predicted octanol–water partition coefficient (Wildman–Crippen LogP) is 2.48. The summed E-state index contributed by atoms with van der Waals surface area (Å²) in [4.78, 5) is 25.7. The molecular weight excluding hydrogens is 326 g/mol. The largest absolute Gasteiger partial charge is 0.367 e. The van der Waals surface area contributed by atoms with E-state index in [4.69, 9.17) is 0 Å². The first kappa shape index (κ1) is 16.8. The van der Waals surface area contributed by atoms with E-state index in [9.17, 15) is 4.79 Å². The van der Waals surface area contributed by atoms with Crippen molar-refractivity contribution in [3.05, 3.63) is 48.4 Å². The summed E-state index contributed by atoms with van der Waals surface area (Å²) in [6, 6.07) is 10.2. The van der Waals surface area contributed by atoms with Gasteiger partial charge in [-0.3, -0.25) is 4.79 Å². The summed E-state index contributed by atoms with van der Waals surface area (Å²) in [5.41, 5.74) is 1.58. The highest BCUT2D eigenvalue weighted by Gasteiger charge is 2.20. The molecule has 0 bridgehead atoms. The second-order valence-electron chi connectivity index (χ2n) is 7.02. The molecular formula is C20H25N5O. The molecule has 0 unspecified atom stereocenters. The first-order chi connectivity index (χ1) is 12.8. The van der Waals surface area contributed by atoms with Gasteiger partial charge in [-0.15, -0.1) is 0 Å². The van der Waals surface area contributed by atoms with Crippen LogP contribution >= 0.6 is 0 Å². The molecule has 4 rings (SSSR count). The Hall–Kier alpha value is -2.63. The fraction of sp³-hybridized carbons (Fsp3) is 0.450. The van der Waals surface area contributed by atoms with E-state index < -0.39 is 0 Å². The monoisotopic (exact) mass is 351 g/mol. The fourth-order valence-corrected chi connectivity index (χ4v) is 3.77. The highest BCUT2D eigenvalue weighted by molar-refractivity contribution is 5.92. The molecule has 2 aromatic rings. The molecule has 6 nitrogen and oxygen atoms in total. The van der Waals surface area contributed by atoms with Gasteiger partial charge in [-0.2, -0.15) is 0 Å². The van der Waals surface area contributed by atoms with Crippen molar-refractivity contribution in [3.8, 4) is 0 Å².